The second-order valence-corrected chi connectivity index (χ2v) is 9.14. The number of imidazole rings is 1. The van der Waals surface area contributed by atoms with Crippen LogP contribution in [0, 0.1) is 5.82 Å². The summed E-state index contributed by atoms with van der Waals surface area (Å²) >= 11 is 0. The summed E-state index contributed by atoms with van der Waals surface area (Å²) < 4.78 is 16.7. The van der Waals surface area contributed by atoms with Crippen LogP contribution in [0.5, 0.6) is 0 Å². The molecule has 1 aliphatic carbocycles. The fourth-order valence-electron chi connectivity index (χ4n) is 3.99. The topological polar surface area (TPSA) is 87.4 Å². The largest absolute Gasteiger partial charge is 0.386 e. The third-order valence-electron chi connectivity index (χ3n) is 6.05. The minimum absolute atomic E-state index is 0.103. The molecule has 0 spiro atoms. The molecule has 4 rings (SSSR count). The number of anilines is 1. The van der Waals surface area contributed by atoms with Gasteiger partial charge in [-0.05, 0) is 63.3 Å². The Morgan fingerprint density at radius 3 is 2.42 bits per heavy atom. The molecule has 1 atom stereocenters. The maximum Gasteiger partial charge on any atom is 0.229 e. The van der Waals surface area contributed by atoms with E-state index >= 15 is 0 Å². The average Bonchev–Trinajstić information content (AvgIpc) is 2.98. The van der Waals surface area contributed by atoms with E-state index in [1.54, 1.807) is 51.1 Å². The number of hydrogen-bond acceptors (Lipinski definition) is 4. The van der Waals surface area contributed by atoms with Crippen molar-refractivity contribution < 1.29 is 19.4 Å². The zero-order chi connectivity index (χ0) is 22.4. The van der Waals surface area contributed by atoms with Crippen molar-refractivity contribution in [1.82, 2.24) is 9.55 Å². The maximum absolute atomic E-state index is 14.8. The van der Waals surface area contributed by atoms with Crippen LogP contribution in [0.3, 0.4) is 0 Å². The molecule has 0 radical (unpaired) electrons. The molecule has 3 N–H and O–H groups in total. The molecule has 31 heavy (non-hydrogen) atoms. The zero-order valence-electron chi connectivity index (χ0n) is 18.0. The highest BCUT2D eigenvalue weighted by molar-refractivity contribution is 5.92. The van der Waals surface area contributed by atoms with Crippen LogP contribution in [-0.2, 0) is 16.0 Å². The molecule has 2 aromatic carbocycles. The molecular weight excluding hydrogens is 397 g/mol. The van der Waals surface area contributed by atoms with E-state index < -0.39 is 22.9 Å². The lowest BCUT2D eigenvalue weighted by Gasteiger charge is -2.30. The number of carbonyl (C=O) groups is 1. The van der Waals surface area contributed by atoms with Gasteiger partial charge in [-0.25, -0.2) is 9.37 Å². The molecule has 7 heteroatoms. The van der Waals surface area contributed by atoms with Gasteiger partial charge in [0.2, 0.25) is 11.9 Å². The van der Waals surface area contributed by atoms with E-state index in [1.165, 1.54) is 6.07 Å². The van der Waals surface area contributed by atoms with Gasteiger partial charge in [-0.15, -0.1) is 0 Å². The van der Waals surface area contributed by atoms with Gasteiger partial charge < -0.3 is 14.8 Å². The SMILES string of the molecule is CC(C)(O)c1cc(F)c2nc(NC(=O)C[C@@](C)(O)c3ccccc3)n(C3CCC3)c2c1. The summed E-state index contributed by atoms with van der Waals surface area (Å²) in [5, 5.41) is 24.0. The summed E-state index contributed by atoms with van der Waals surface area (Å²) in [4.78, 5) is 17.2. The quantitative estimate of drug-likeness (QED) is 0.547. The molecule has 1 heterocycles. The number of rotatable bonds is 6. The molecule has 6 nitrogen and oxygen atoms in total. The van der Waals surface area contributed by atoms with Crippen LogP contribution in [0.15, 0.2) is 42.5 Å². The van der Waals surface area contributed by atoms with Crippen LogP contribution in [-0.4, -0.2) is 25.7 Å². The van der Waals surface area contributed by atoms with Crippen molar-refractivity contribution in [1.29, 1.82) is 0 Å². The summed E-state index contributed by atoms with van der Waals surface area (Å²) in [6.45, 7) is 4.80. The molecule has 1 saturated carbocycles. The Kier molecular flexibility index (Phi) is 5.35. The van der Waals surface area contributed by atoms with Gasteiger partial charge in [0, 0.05) is 6.04 Å². The van der Waals surface area contributed by atoms with Gasteiger partial charge >= 0.3 is 0 Å². The number of fused-ring (bicyclic) bond motifs is 1. The number of hydrogen-bond donors (Lipinski definition) is 3. The third-order valence-corrected chi connectivity index (χ3v) is 6.05. The van der Waals surface area contributed by atoms with E-state index in [9.17, 15) is 19.4 Å². The number of benzene rings is 2. The molecule has 0 bridgehead atoms. The molecule has 164 valence electrons. The van der Waals surface area contributed by atoms with Crippen LogP contribution >= 0.6 is 0 Å². The van der Waals surface area contributed by atoms with Crippen molar-refractivity contribution in [2.45, 2.75) is 63.7 Å². The second kappa shape index (κ2) is 7.73. The Morgan fingerprint density at radius 1 is 1.16 bits per heavy atom. The molecule has 0 unspecified atom stereocenters. The van der Waals surface area contributed by atoms with E-state index in [0.717, 1.165) is 19.3 Å². The third kappa shape index (κ3) is 4.20. The molecule has 1 aromatic heterocycles. The number of aromatic nitrogens is 2. The Morgan fingerprint density at radius 2 is 1.84 bits per heavy atom. The van der Waals surface area contributed by atoms with E-state index in [-0.39, 0.29) is 23.9 Å². The van der Waals surface area contributed by atoms with Gasteiger partial charge in [0.1, 0.15) is 5.52 Å². The summed E-state index contributed by atoms with van der Waals surface area (Å²) in [7, 11) is 0. The first kappa shape index (κ1) is 21.5. The van der Waals surface area contributed by atoms with Crippen LogP contribution < -0.4 is 5.32 Å². The number of nitrogens with one attached hydrogen (secondary N) is 1. The predicted octanol–water partition coefficient (Wildman–Crippen LogP) is 4.36. The molecule has 0 aliphatic heterocycles. The van der Waals surface area contributed by atoms with Crippen LogP contribution in [0.1, 0.15) is 63.6 Å². The van der Waals surface area contributed by atoms with Crippen LogP contribution in [0.25, 0.3) is 11.0 Å². The number of nitrogens with zero attached hydrogens (tertiary/aromatic N) is 2. The lowest BCUT2D eigenvalue weighted by Crippen LogP contribution is -2.30. The smallest absolute Gasteiger partial charge is 0.229 e. The van der Waals surface area contributed by atoms with Crippen molar-refractivity contribution in [2.24, 2.45) is 0 Å². The van der Waals surface area contributed by atoms with Crippen LogP contribution in [0.2, 0.25) is 0 Å². The Balaban J connectivity index is 1.68. The fourth-order valence-corrected chi connectivity index (χ4v) is 3.99. The van der Waals surface area contributed by atoms with E-state index in [1.807, 2.05) is 10.6 Å². The molecule has 3 aromatic rings. The highest BCUT2D eigenvalue weighted by Crippen LogP contribution is 2.39. The van der Waals surface area contributed by atoms with Crippen molar-refractivity contribution in [3.63, 3.8) is 0 Å². The van der Waals surface area contributed by atoms with Crippen molar-refractivity contribution in [3.05, 3.63) is 59.4 Å². The first-order valence-electron chi connectivity index (χ1n) is 10.6. The lowest BCUT2D eigenvalue weighted by molar-refractivity contribution is -0.120. The average molecular weight is 426 g/mol. The first-order valence-corrected chi connectivity index (χ1v) is 10.6. The standard InChI is InChI=1S/C24H28FN3O3/c1-23(2,30)16-12-18(25)21-19(13-16)28(17-10-7-11-17)22(27-21)26-20(29)14-24(3,31)15-8-5-4-6-9-15/h4-6,8-9,12-13,17,30-31H,7,10-11,14H2,1-3H3,(H,26,27,29)/t24-/m1/s1. The minimum Gasteiger partial charge on any atom is -0.386 e. The van der Waals surface area contributed by atoms with E-state index in [2.05, 4.69) is 10.3 Å². The van der Waals surface area contributed by atoms with Crippen molar-refractivity contribution in [3.8, 4) is 0 Å². The van der Waals surface area contributed by atoms with Gasteiger partial charge in [-0.1, -0.05) is 30.3 Å². The predicted molar refractivity (Wildman–Crippen MR) is 117 cm³/mol. The highest BCUT2D eigenvalue weighted by atomic mass is 19.1. The lowest BCUT2D eigenvalue weighted by atomic mass is 9.92. The van der Waals surface area contributed by atoms with E-state index in [0.29, 0.717) is 16.6 Å². The van der Waals surface area contributed by atoms with Gasteiger partial charge in [0.25, 0.3) is 0 Å². The van der Waals surface area contributed by atoms with Gasteiger partial charge in [0.15, 0.2) is 5.82 Å². The Hall–Kier alpha value is -2.77. The van der Waals surface area contributed by atoms with Gasteiger partial charge in [0.05, 0.1) is 23.1 Å². The van der Waals surface area contributed by atoms with Crippen molar-refractivity contribution in [2.75, 3.05) is 5.32 Å². The van der Waals surface area contributed by atoms with E-state index in [4.69, 9.17) is 0 Å². The van der Waals surface area contributed by atoms with Gasteiger partial charge in [-0.3, -0.25) is 10.1 Å². The Labute approximate surface area is 180 Å². The minimum atomic E-state index is -1.35. The van der Waals surface area contributed by atoms with Crippen LogP contribution in [0.4, 0.5) is 10.3 Å². The fraction of sp³-hybridized carbons (Fsp3) is 0.417. The normalized spacial score (nSPS) is 16.7. The molecule has 1 amide bonds. The Bertz CT molecular complexity index is 1110. The summed E-state index contributed by atoms with van der Waals surface area (Å²) in [5.74, 6) is -0.687. The van der Waals surface area contributed by atoms with Crippen molar-refractivity contribution >= 4 is 22.9 Å². The monoisotopic (exact) mass is 425 g/mol. The molecule has 1 fully saturated rings. The zero-order valence-corrected chi connectivity index (χ0v) is 18.0. The number of amides is 1. The number of halogens is 1. The molecular formula is C24H28FN3O3. The van der Waals surface area contributed by atoms with Gasteiger partial charge in [-0.2, -0.15) is 0 Å². The molecule has 1 aliphatic rings. The summed E-state index contributed by atoms with van der Waals surface area (Å²) in [6.07, 6.45) is 2.70. The number of carbonyl (C=O) groups excluding carboxylic acids is 1. The summed E-state index contributed by atoms with van der Waals surface area (Å²) in [5.41, 5.74) is -0.766. The summed E-state index contributed by atoms with van der Waals surface area (Å²) in [6, 6.07) is 12.1. The second-order valence-electron chi connectivity index (χ2n) is 9.14. The molecule has 0 saturated heterocycles. The number of aliphatic hydroxyl groups is 2. The highest BCUT2D eigenvalue weighted by Gasteiger charge is 2.31. The maximum atomic E-state index is 14.8. The first-order chi connectivity index (χ1) is 14.6.